The van der Waals surface area contributed by atoms with E-state index in [4.69, 9.17) is 5.48 Å². The van der Waals surface area contributed by atoms with E-state index in [1.54, 1.807) is 13.8 Å². The molecule has 0 aliphatic carbocycles. The number of benzene rings is 1. The average molecular weight is 246 g/mol. The van der Waals surface area contributed by atoms with Gasteiger partial charge in [0.15, 0.2) is 0 Å². The summed E-state index contributed by atoms with van der Waals surface area (Å²) in [6.07, 6.45) is 0. The largest absolute Gasteiger partial charge is 0.350 e. The van der Waals surface area contributed by atoms with E-state index in [2.05, 4.69) is 21.2 Å². The van der Waals surface area contributed by atoms with Gasteiger partial charge in [-0.1, -0.05) is 15.9 Å². The maximum Gasteiger partial charge on any atom is 0.251 e. The quantitative estimate of drug-likeness (QED) is 0.853. The van der Waals surface area contributed by atoms with E-state index in [1.807, 2.05) is 0 Å². The first kappa shape index (κ1) is 5.81. The topological polar surface area (TPSA) is 29.1 Å². The summed E-state index contributed by atoms with van der Waals surface area (Å²) in [4.78, 5) is 11.8. The normalized spacial score (nSPS) is 14.5. The Morgan fingerprint density at radius 3 is 2.46 bits per heavy atom. The molecule has 0 saturated carbocycles. The van der Waals surface area contributed by atoms with Gasteiger partial charge in [0, 0.05) is 16.1 Å². The molecule has 1 N–H and O–H groups in total. The van der Waals surface area contributed by atoms with Gasteiger partial charge in [-0.05, 0) is 38.0 Å². The fourth-order valence-electron chi connectivity index (χ4n) is 0.745. The lowest BCUT2D eigenvalue weighted by Gasteiger charge is -2.07. The first-order valence-corrected chi connectivity index (χ1v) is 4.63. The van der Waals surface area contributed by atoms with E-state index in [0.29, 0.717) is 0 Å². The van der Waals surface area contributed by atoms with Gasteiger partial charge in [0.05, 0.1) is 5.48 Å². The lowest BCUT2D eigenvalue weighted by molar-refractivity contribution is 0.0943. The summed E-state index contributed by atoms with van der Waals surface area (Å²) in [6, 6.07) is -1.31. The van der Waals surface area contributed by atoms with Crippen molar-refractivity contribution in [3.8, 4) is 0 Å². The van der Waals surface area contributed by atoms with Crippen LogP contribution in [0.1, 0.15) is 29.7 Å². The fraction of sp³-hybridized carbons (Fsp3) is 0.300. The molecule has 0 saturated heterocycles. The number of rotatable bonds is 2. The van der Waals surface area contributed by atoms with Crippen molar-refractivity contribution in [1.29, 1.82) is 0 Å². The standard InChI is InChI=1S/C10H12BrNO/c1-7(2)12-10(13)8-3-5-9(11)6-4-8/h3-7H,1-2H3,(H,12,13)/i3D,4D,5D,6D. The SMILES string of the molecule is [2H]c1c([2H])c(C(=O)NC(C)C)c([2H])c([2H])c1Br. The van der Waals surface area contributed by atoms with E-state index in [9.17, 15) is 4.79 Å². The molecule has 1 amide bonds. The predicted molar refractivity (Wildman–Crippen MR) is 56.7 cm³/mol. The summed E-state index contributed by atoms with van der Waals surface area (Å²) >= 11 is 2.97. The van der Waals surface area contributed by atoms with Crippen molar-refractivity contribution in [2.75, 3.05) is 0 Å². The second kappa shape index (κ2) is 4.42. The van der Waals surface area contributed by atoms with E-state index in [1.165, 1.54) is 0 Å². The third-order valence-electron chi connectivity index (χ3n) is 1.24. The second-order valence-electron chi connectivity index (χ2n) is 2.82. The molecule has 1 aromatic rings. The highest BCUT2D eigenvalue weighted by atomic mass is 79.9. The zero-order valence-electron chi connectivity index (χ0n) is 11.4. The molecule has 0 spiro atoms. The summed E-state index contributed by atoms with van der Waals surface area (Å²) < 4.78 is 30.6. The van der Waals surface area contributed by atoms with Crippen LogP contribution in [-0.2, 0) is 0 Å². The molecule has 0 radical (unpaired) electrons. The number of carbonyl (C=O) groups is 1. The number of halogens is 1. The minimum Gasteiger partial charge on any atom is -0.350 e. The highest BCUT2D eigenvalue weighted by molar-refractivity contribution is 9.10. The van der Waals surface area contributed by atoms with Crippen LogP contribution in [0.5, 0.6) is 0 Å². The molecule has 70 valence electrons. The lowest BCUT2D eigenvalue weighted by atomic mass is 10.2. The van der Waals surface area contributed by atoms with E-state index in [0.717, 1.165) is 0 Å². The molecule has 0 fully saturated rings. The Morgan fingerprint density at radius 1 is 1.46 bits per heavy atom. The van der Waals surface area contributed by atoms with Crippen LogP contribution >= 0.6 is 15.9 Å². The lowest BCUT2D eigenvalue weighted by Crippen LogP contribution is -2.29. The molecule has 0 unspecified atom stereocenters. The Balaban J connectivity index is 3.39. The number of amides is 1. The third-order valence-corrected chi connectivity index (χ3v) is 1.64. The van der Waals surface area contributed by atoms with E-state index < -0.39 is 5.91 Å². The molecular formula is C10H12BrNO. The summed E-state index contributed by atoms with van der Waals surface area (Å²) in [5.41, 5.74) is -0.225. The Labute approximate surface area is 92.1 Å². The van der Waals surface area contributed by atoms with Gasteiger partial charge in [-0.25, -0.2) is 0 Å². The average Bonchev–Trinajstić information content (AvgIpc) is 2.23. The Bertz CT molecular complexity index is 447. The molecule has 1 aromatic carbocycles. The van der Waals surface area contributed by atoms with Crippen molar-refractivity contribution < 1.29 is 10.3 Å². The van der Waals surface area contributed by atoms with Gasteiger partial charge in [-0.3, -0.25) is 4.79 Å². The minimum absolute atomic E-state index is 0.0635. The van der Waals surface area contributed by atoms with E-state index in [-0.39, 0.29) is 40.2 Å². The summed E-state index contributed by atoms with van der Waals surface area (Å²) in [7, 11) is 0. The highest BCUT2D eigenvalue weighted by Gasteiger charge is 2.05. The molecule has 3 heteroatoms. The summed E-state index contributed by atoms with van der Waals surface area (Å²) in [6.45, 7) is 3.51. The van der Waals surface area contributed by atoms with Gasteiger partial charge in [-0.2, -0.15) is 0 Å². The van der Waals surface area contributed by atoms with Crippen molar-refractivity contribution in [3.05, 3.63) is 34.2 Å². The minimum atomic E-state index is -0.593. The van der Waals surface area contributed by atoms with Crippen LogP contribution in [0.15, 0.2) is 28.6 Å². The van der Waals surface area contributed by atoms with Crippen molar-refractivity contribution in [3.63, 3.8) is 0 Å². The molecule has 2 nitrogen and oxygen atoms in total. The third kappa shape index (κ3) is 3.19. The number of nitrogens with one attached hydrogen (secondary N) is 1. The molecule has 0 aliphatic heterocycles. The number of hydrogen-bond acceptors (Lipinski definition) is 1. The molecule has 13 heavy (non-hydrogen) atoms. The Kier molecular flexibility index (Phi) is 1.97. The first-order chi connectivity index (χ1) is 7.77. The smallest absolute Gasteiger partial charge is 0.251 e. The van der Waals surface area contributed by atoms with Gasteiger partial charge >= 0.3 is 0 Å². The maximum atomic E-state index is 11.8. The predicted octanol–water partition coefficient (Wildman–Crippen LogP) is 2.59. The van der Waals surface area contributed by atoms with Crippen LogP contribution in [0.4, 0.5) is 0 Å². The first-order valence-electron chi connectivity index (χ1n) is 5.84. The molecular weight excluding hydrogens is 230 g/mol. The van der Waals surface area contributed by atoms with Gasteiger partial charge in [-0.15, -0.1) is 0 Å². The van der Waals surface area contributed by atoms with Crippen LogP contribution in [0, 0.1) is 0 Å². The molecule has 0 atom stereocenters. The monoisotopic (exact) mass is 245 g/mol. The molecule has 0 heterocycles. The second-order valence-corrected chi connectivity index (χ2v) is 3.61. The van der Waals surface area contributed by atoms with Crippen molar-refractivity contribution in [2.24, 2.45) is 0 Å². The van der Waals surface area contributed by atoms with Crippen molar-refractivity contribution in [1.82, 2.24) is 5.32 Å². The molecule has 1 rings (SSSR count). The zero-order chi connectivity index (χ0) is 13.3. The van der Waals surface area contributed by atoms with Gasteiger partial charge in [0.25, 0.3) is 5.91 Å². The van der Waals surface area contributed by atoms with Crippen molar-refractivity contribution in [2.45, 2.75) is 19.9 Å². The highest BCUT2D eigenvalue weighted by Crippen LogP contribution is 2.10. The Morgan fingerprint density at radius 2 is 2.00 bits per heavy atom. The van der Waals surface area contributed by atoms with Crippen LogP contribution < -0.4 is 5.32 Å². The summed E-state index contributed by atoms with van der Waals surface area (Å²) in [5, 5.41) is 2.55. The summed E-state index contributed by atoms with van der Waals surface area (Å²) in [5.74, 6) is -0.593. The maximum absolute atomic E-state index is 11.8. The van der Waals surface area contributed by atoms with Gasteiger partial charge in [0.2, 0.25) is 0 Å². The zero-order valence-corrected chi connectivity index (χ0v) is 8.95. The molecule has 0 aliphatic rings. The fourth-order valence-corrected chi connectivity index (χ4v) is 0.943. The van der Waals surface area contributed by atoms with Crippen molar-refractivity contribution >= 4 is 21.8 Å². The van der Waals surface area contributed by atoms with E-state index >= 15 is 0 Å². The molecule has 0 aromatic heterocycles. The number of hydrogen-bond donors (Lipinski definition) is 1. The Hall–Kier alpha value is -0.830. The van der Waals surface area contributed by atoms with Gasteiger partial charge in [0.1, 0.15) is 0 Å². The molecule has 0 bridgehead atoms. The van der Waals surface area contributed by atoms with Crippen LogP contribution in [0.25, 0.3) is 0 Å². The van der Waals surface area contributed by atoms with Crippen LogP contribution in [-0.4, -0.2) is 11.9 Å². The van der Waals surface area contributed by atoms with Gasteiger partial charge < -0.3 is 5.32 Å². The van der Waals surface area contributed by atoms with Crippen LogP contribution in [0.3, 0.4) is 0 Å². The van der Waals surface area contributed by atoms with Crippen LogP contribution in [0.2, 0.25) is 0 Å². The number of carbonyl (C=O) groups excluding carboxylic acids is 1.